The van der Waals surface area contributed by atoms with E-state index >= 15 is 0 Å². The fourth-order valence-electron chi connectivity index (χ4n) is 2.10. The summed E-state index contributed by atoms with van der Waals surface area (Å²) in [5, 5.41) is 3.68. The molecule has 1 atom stereocenters. The van der Waals surface area contributed by atoms with Gasteiger partial charge in [-0.05, 0) is 0 Å². The molecular formula is C10H22GeO2. The Kier molecular flexibility index (Phi) is 5.69. The molecule has 13 heavy (non-hydrogen) atoms. The molecule has 1 unspecified atom stereocenters. The second kappa shape index (κ2) is 5.68. The predicted molar refractivity (Wildman–Crippen MR) is 58.6 cm³/mol. The van der Waals surface area contributed by atoms with Gasteiger partial charge in [0.2, 0.25) is 0 Å². The van der Waals surface area contributed by atoms with E-state index in [0.717, 1.165) is 0 Å². The van der Waals surface area contributed by atoms with E-state index in [-0.39, 0.29) is 10.7 Å². The van der Waals surface area contributed by atoms with Crippen molar-refractivity contribution in [2.75, 3.05) is 7.11 Å². The molecule has 0 rings (SSSR count). The Bertz CT molecular complexity index is 156. The van der Waals surface area contributed by atoms with Gasteiger partial charge in [0.15, 0.2) is 0 Å². The van der Waals surface area contributed by atoms with Crippen molar-refractivity contribution in [3.05, 3.63) is 0 Å². The van der Waals surface area contributed by atoms with Gasteiger partial charge in [0.05, 0.1) is 0 Å². The number of rotatable bonds is 5. The van der Waals surface area contributed by atoms with E-state index in [1.807, 2.05) is 0 Å². The van der Waals surface area contributed by atoms with Crippen LogP contribution in [0.5, 0.6) is 0 Å². The van der Waals surface area contributed by atoms with Gasteiger partial charge in [-0.15, -0.1) is 0 Å². The van der Waals surface area contributed by atoms with Gasteiger partial charge in [0.25, 0.3) is 0 Å². The number of hydrogen-bond donors (Lipinski definition) is 0. The van der Waals surface area contributed by atoms with E-state index in [4.69, 9.17) is 4.74 Å². The first-order valence-corrected chi connectivity index (χ1v) is 10.8. The number of ether oxygens (including phenoxy) is 1. The molecule has 0 aliphatic carbocycles. The van der Waals surface area contributed by atoms with Crippen LogP contribution < -0.4 is 0 Å². The van der Waals surface area contributed by atoms with Crippen LogP contribution in [-0.4, -0.2) is 26.3 Å². The first kappa shape index (κ1) is 13.0. The molecule has 78 valence electrons. The van der Waals surface area contributed by atoms with Crippen LogP contribution in [0, 0.1) is 0 Å². The summed E-state index contributed by atoms with van der Waals surface area (Å²) in [6.45, 7) is 8.74. The molecule has 0 radical (unpaired) electrons. The van der Waals surface area contributed by atoms with Crippen molar-refractivity contribution in [1.29, 1.82) is 0 Å². The van der Waals surface area contributed by atoms with E-state index in [0.29, 0.717) is 0 Å². The number of esters is 1. The number of methoxy groups -OCH3 is 1. The first-order valence-electron chi connectivity index (χ1n) is 5.15. The quantitative estimate of drug-likeness (QED) is 0.551. The maximum atomic E-state index is 11.5. The number of carbonyl (C=O) groups excluding carboxylic acids is 1. The fraction of sp³-hybridized carbons (Fsp3) is 0.900. The Morgan fingerprint density at radius 1 is 1.23 bits per heavy atom. The molecule has 0 N–H and O–H groups in total. The van der Waals surface area contributed by atoms with Crippen molar-refractivity contribution in [2.45, 2.75) is 48.2 Å². The third kappa shape index (κ3) is 2.73. The zero-order chi connectivity index (χ0) is 10.5. The van der Waals surface area contributed by atoms with Crippen LogP contribution in [0.1, 0.15) is 27.7 Å². The SMILES string of the molecule is C[CH2][Ge]([CH2]C)([CH2]C)[CH](C)C(=O)OC. The molecule has 0 aromatic carbocycles. The van der Waals surface area contributed by atoms with Gasteiger partial charge in [0.1, 0.15) is 0 Å². The first-order chi connectivity index (χ1) is 6.07. The summed E-state index contributed by atoms with van der Waals surface area (Å²) in [4.78, 5) is 11.5. The molecular weight excluding hydrogens is 225 g/mol. The normalized spacial score (nSPS) is 13.9. The summed E-state index contributed by atoms with van der Waals surface area (Å²) >= 11 is -1.91. The Morgan fingerprint density at radius 3 is 1.85 bits per heavy atom. The Hall–Kier alpha value is 0.0129. The van der Waals surface area contributed by atoms with Gasteiger partial charge in [-0.25, -0.2) is 0 Å². The average molecular weight is 247 g/mol. The number of hydrogen-bond acceptors (Lipinski definition) is 2. The molecule has 0 aromatic heterocycles. The van der Waals surface area contributed by atoms with Gasteiger partial charge in [-0.2, -0.15) is 0 Å². The average Bonchev–Trinajstić information content (AvgIpc) is 2.20. The second-order valence-corrected chi connectivity index (χ2v) is 15.7. The van der Waals surface area contributed by atoms with Gasteiger partial charge in [-0.1, -0.05) is 0 Å². The Morgan fingerprint density at radius 2 is 1.62 bits per heavy atom. The summed E-state index contributed by atoms with van der Waals surface area (Å²) in [5.74, 6) is 0.00514. The topological polar surface area (TPSA) is 26.3 Å². The summed E-state index contributed by atoms with van der Waals surface area (Å²) in [6.07, 6.45) is 0. The van der Waals surface area contributed by atoms with Crippen LogP contribution in [0.2, 0.25) is 20.5 Å². The molecule has 0 aromatic rings. The molecule has 0 fully saturated rings. The Balaban J connectivity index is 4.62. The molecule has 3 heteroatoms. The standard InChI is InChI=1S/C10H22GeO2/c1-6-11(7-2,8-3)9(4)10(12)13-5/h9H,6-8H2,1-5H3. The van der Waals surface area contributed by atoms with Crippen molar-refractivity contribution < 1.29 is 9.53 Å². The maximum absolute atomic E-state index is 11.5. The van der Waals surface area contributed by atoms with E-state index in [1.54, 1.807) is 0 Å². The molecule has 0 amide bonds. The Labute approximate surface area is 84.4 Å². The summed E-state index contributed by atoms with van der Waals surface area (Å²) in [6, 6.07) is 0. The monoisotopic (exact) mass is 248 g/mol. The van der Waals surface area contributed by atoms with Crippen LogP contribution in [0.15, 0.2) is 0 Å². The summed E-state index contributed by atoms with van der Waals surface area (Å²) in [5.41, 5.74) is 0. The van der Waals surface area contributed by atoms with Crippen molar-refractivity contribution in [3.63, 3.8) is 0 Å². The zero-order valence-electron chi connectivity index (χ0n) is 9.52. The zero-order valence-corrected chi connectivity index (χ0v) is 11.6. The molecule has 0 aliphatic heterocycles. The van der Waals surface area contributed by atoms with Crippen LogP contribution in [-0.2, 0) is 9.53 Å². The van der Waals surface area contributed by atoms with Crippen LogP contribution in [0.25, 0.3) is 0 Å². The van der Waals surface area contributed by atoms with Gasteiger partial charge in [-0.3, -0.25) is 0 Å². The van der Waals surface area contributed by atoms with E-state index in [9.17, 15) is 4.79 Å². The summed E-state index contributed by atoms with van der Waals surface area (Å²) < 4.78 is 5.03. The molecule has 0 saturated heterocycles. The molecule has 0 bridgehead atoms. The molecule has 0 spiro atoms. The minimum atomic E-state index is -1.91. The van der Waals surface area contributed by atoms with Crippen LogP contribution in [0.3, 0.4) is 0 Å². The van der Waals surface area contributed by atoms with Crippen LogP contribution >= 0.6 is 0 Å². The van der Waals surface area contributed by atoms with Crippen molar-refractivity contribution >= 4 is 19.2 Å². The fourth-order valence-corrected chi connectivity index (χ4v) is 10.4. The minimum absolute atomic E-state index is 0.00514. The van der Waals surface area contributed by atoms with E-state index < -0.39 is 13.3 Å². The van der Waals surface area contributed by atoms with Gasteiger partial charge in [0, 0.05) is 0 Å². The number of carbonyl (C=O) groups is 1. The second-order valence-electron chi connectivity index (χ2n) is 3.67. The van der Waals surface area contributed by atoms with Gasteiger partial charge >= 0.3 is 84.1 Å². The third-order valence-electron chi connectivity index (χ3n) is 3.59. The molecule has 0 aliphatic rings. The molecule has 0 heterocycles. The van der Waals surface area contributed by atoms with Gasteiger partial charge < -0.3 is 0 Å². The molecule has 2 nitrogen and oxygen atoms in total. The molecule has 0 saturated carbocycles. The van der Waals surface area contributed by atoms with E-state index in [1.165, 1.54) is 22.9 Å². The third-order valence-corrected chi connectivity index (χ3v) is 16.8. The summed E-state index contributed by atoms with van der Waals surface area (Å²) in [7, 11) is 1.49. The van der Waals surface area contributed by atoms with Crippen molar-refractivity contribution in [2.24, 2.45) is 0 Å². The van der Waals surface area contributed by atoms with E-state index in [2.05, 4.69) is 27.7 Å². The predicted octanol–water partition coefficient (Wildman–Crippen LogP) is 3.06. The van der Waals surface area contributed by atoms with Crippen molar-refractivity contribution in [1.82, 2.24) is 0 Å². The van der Waals surface area contributed by atoms with Crippen molar-refractivity contribution in [3.8, 4) is 0 Å². The van der Waals surface area contributed by atoms with Crippen LogP contribution in [0.4, 0.5) is 0 Å².